The third kappa shape index (κ3) is 2.97. The van der Waals surface area contributed by atoms with Gasteiger partial charge in [0.1, 0.15) is 5.60 Å². The van der Waals surface area contributed by atoms with Crippen molar-refractivity contribution in [1.82, 2.24) is 5.32 Å². The molecule has 17 heavy (non-hydrogen) atoms. The Kier molecular flexibility index (Phi) is 3.66. The van der Waals surface area contributed by atoms with Gasteiger partial charge in [0.25, 0.3) is 5.91 Å². The number of rotatable bonds is 3. The van der Waals surface area contributed by atoms with Gasteiger partial charge in [-0.3, -0.25) is 4.79 Å². The van der Waals surface area contributed by atoms with Gasteiger partial charge in [-0.25, -0.2) is 0 Å². The van der Waals surface area contributed by atoms with Crippen LogP contribution in [-0.2, 0) is 4.74 Å². The number of nitrogens with one attached hydrogen (secondary N) is 1. The molecule has 1 atom stereocenters. The van der Waals surface area contributed by atoms with Crippen LogP contribution in [-0.4, -0.2) is 36.4 Å². The van der Waals surface area contributed by atoms with E-state index in [1.165, 1.54) is 0 Å². The first-order valence-corrected chi connectivity index (χ1v) is 5.81. The molecule has 92 valence electrons. The molecule has 1 fully saturated rings. The Balaban J connectivity index is 1.96. The van der Waals surface area contributed by atoms with E-state index in [0.29, 0.717) is 23.6 Å². The van der Waals surface area contributed by atoms with Crippen molar-refractivity contribution in [3.8, 4) is 0 Å². The molecule has 0 bridgehead atoms. The van der Waals surface area contributed by atoms with Crippen LogP contribution in [0.2, 0.25) is 5.02 Å². The Bertz CT molecular complexity index is 416. The standard InChI is InChI=1S/C12H14ClNO3/c13-10-4-2-1-3-9(10)11(15)14-7-12(16)5-6-17-8-12/h1-4,16H,5-8H2,(H,14,15)/t12-/m0/s1. The molecule has 1 aliphatic heterocycles. The topological polar surface area (TPSA) is 58.6 Å². The average molecular weight is 256 g/mol. The quantitative estimate of drug-likeness (QED) is 0.854. The van der Waals surface area contributed by atoms with E-state index in [9.17, 15) is 9.90 Å². The van der Waals surface area contributed by atoms with Crippen molar-refractivity contribution in [2.75, 3.05) is 19.8 Å². The summed E-state index contributed by atoms with van der Waals surface area (Å²) in [6, 6.07) is 6.81. The van der Waals surface area contributed by atoms with Crippen LogP contribution in [0.4, 0.5) is 0 Å². The molecule has 1 aromatic rings. The smallest absolute Gasteiger partial charge is 0.252 e. The minimum atomic E-state index is -0.948. The zero-order chi connectivity index (χ0) is 12.3. The SMILES string of the molecule is O=C(NC[C@@]1(O)CCOC1)c1ccccc1Cl. The molecule has 1 heterocycles. The third-order valence-electron chi connectivity index (χ3n) is 2.78. The van der Waals surface area contributed by atoms with E-state index < -0.39 is 5.60 Å². The van der Waals surface area contributed by atoms with Gasteiger partial charge in [0.2, 0.25) is 0 Å². The summed E-state index contributed by atoms with van der Waals surface area (Å²) < 4.78 is 5.09. The lowest BCUT2D eigenvalue weighted by molar-refractivity contribution is 0.0264. The number of ether oxygens (including phenoxy) is 1. The summed E-state index contributed by atoms with van der Waals surface area (Å²) in [5.41, 5.74) is -0.534. The van der Waals surface area contributed by atoms with Gasteiger partial charge in [0.05, 0.1) is 17.2 Å². The second-order valence-corrected chi connectivity index (χ2v) is 4.60. The fraction of sp³-hybridized carbons (Fsp3) is 0.417. The number of hydrogen-bond donors (Lipinski definition) is 2. The fourth-order valence-electron chi connectivity index (χ4n) is 1.72. The lowest BCUT2D eigenvalue weighted by Gasteiger charge is -2.20. The van der Waals surface area contributed by atoms with Gasteiger partial charge < -0.3 is 15.2 Å². The molecule has 1 amide bonds. The molecule has 0 aromatic heterocycles. The van der Waals surface area contributed by atoms with E-state index in [1.54, 1.807) is 24.3 Å². The molecule has 0 aliphatic carbocycles. The van der Waals surface area contributed by atoms with Crippen molar-refractivity contribution in [3.63, 3.8) is 0 Å². The second-order valence-electron chi connectivity index (χ2n) is 4.19. The van der Waals surface area contributed by atoms with Crippen LogP contribution in [0.25, 0.3) is 0 Å². The van der Waals surface area contributed by atoms with E-state index >= 15 is 0 Å². The highest BCUT2D eigenvalue weighted by Crippen LogP contribution is 2.18. The van der Waals surface area contributed by atoms with Gasteiger partial charge in [0.15, 0.2) is 0 Å². The highest BCUT2D eigenvalue weighted by Gasteiger charge is 2.32. The number of hydrogen-bond acceptors (Lipinski definition) is 3. The van der Waals surface area contributed by atoms with E-state index in [4.69, 9.17) is 16.3 Å². The van der Waals surface area contributed by atoms with E-state index in [-0.39, 0.29) is 19.1 Å². The molecule has 1 aromatic carbocycles. The van der Waals surface area contributed by atoms with Crippen molar-refractivity contribution >= 4 is 17.5 Å². The highest BCUT2D eigenvalue weighted by molar-refractivity contribution is 6.33. The van der Waals surface area contributed by atoms with Gasteiger partial charge in [-0.05, 0) is 12.1 Å². The molecule has 2 N–H and O–H groups in total. The maximum atomic E-state index is 11.8. The summed E-state index contributed by atoms with van der Waals surface area (Å²) in [5, 5.41) is 13.1. The molecule has 0 saturated carbocycles. The molecular weight excluding hydrogens is 242 g/mol. The van der Waals surface area contributed by atoms with Crippen LogP contribution in [0.1, 0.15) is 16.8 Å². The molecule has 0 radical (unpaired) electrons. The maximum absolute atomic E-state index is 11.8. The molecule has 1 saturated heterocycles. The van der Waals surface area contributed by atoms with Crippen LogP contribution < -0.4 is 5.32 Å². The van der Waals surface area contributed by atoms with Gasteiger partial charge in [-0.2, -0.15) is 0 Å². The van der Waals surface area contributed by atoms with Crippen LogP contribution in [0, 0.1) is 0 Å². The lowest BCUT2D eigenvalue weighted by Crippen LogP contribution is -2.43. The summed E-state index contributed by atoms with van der Waals surface area (Å²) in [7, 11) is 0. The largest absolute Gasteiger partial charge is 0.386 e. The number of halogens is 1. The second kappa shape index (κ2) is 5.04. The first kappa shape index (κ1) is 12.4. The highest BCUT2D eigenvalue weighted by atomic mass is 35.5. The summed E-state index contributed by atoms with van der Waals surface area (Å²) in [6.07, 6.45) is 0.538. The summed E-state index contributed by atoms with van der Waals surface area (Å²) in [4.78, 5) is 11.8. The van der Waals surface area contributed by atoms with Crippen molar-refractivity contribution in [1.29, 1.82) is 0 Å². The zero-order valence-electron chi connectivity index (χ0n) is 9.28. The Morgan fingerprint density at radius 1 is 1.53 bits per heavy atom. The first-order chi connectivity index (χ1) is 8.11. The Morgan fingerprint density at radius 2 is 2.29 bits per heavy atom. The summed E-state index contributed by atoms with van der Waals surface area (Å²) in [6.45, 7) is 0.964. The molecule has 0 spiro atoms. The predicted molar refractivity (Wildman–Crippen MR) is 64.2 cm³/mol. The number of carbonyl (C=O) groups excluding carboxylic acids is 1. The maximum Gasteiger partial charge on any atom is 0.252 e. The van der Waals surface area contributed by atoms with Crippen LogP contribution in [0.3, 0.4) is 0 Å². The summed E-state index contributed by atoms with van der Waals surface area (Å²) in [5.74, 6) is -0.282. The average Bonchev–Trinajstić information content (AvgIpc) is 2.74. The van der Waals surface area contributed by atoms with Gasteiger partial charge in [-0.15, -0.1) is 0 Å². The zero-order valence-corrected chi connectivity index (χ0v) is 10.0. The number of amides is 1. The minimum absolute atomic E-state index is 0.178. The van der Waals surface area contributed by atoms with Crippen molar-refractivity contribution in [3.05, 3.63) is 34.9 Å². The lowest BCUT2D eigenvalue weighted by atomic mass is 10.0. The molecule has 4 nitrogen and oxygen atoms in total. The number of benzene rings is 1. The minimum Gasteiger partial charge on any atom is -0.386 e. The number of carbonyl (C=O) groups is 1. The Morgan fingerprint density at radius 3 is 2.94 bits per heavy atom. The molecule has 2 rings (SSSR count). The number of aliphatic hydroxyl groups is 1. The summed E-state index contributed by atoms with van der Waals surface area (Å²) >= 11 is 5.90. The first-order valence-electron chi connectivity index (χ1n) is 5.44. The fourth-order valence-corrected chi connectivity index (χ4v) is 1.94. The van der Waals surface area contributed by atoms with Gasteiger partial charge >= 0.3 is 0 Å². The van der Waals surface area contributed by atoms with Crippen LogP contribution in [0.5, 0.6) is 0 Å². The van der Waals surface area contributed by atoms with Gasteiger partial charge in [0, 0.05) is 19.6 Å². The van der Waals surface area contributed by atoms with E-state index in [2.05, 4.69) is 5.32 Å². The monoisotopic (exact) mass is 255 g/mol. The van der Waals surface area contributed by atoms with Crippen molar-refractivity contribution in [2.45, 2.75) is 12.0 Å². The third-order valence-corrected chi connectivity index (χ3v) is 3.11. The van der Waals surface area contributed by atoms with Gasteiger partial charge in [-0.1, -0.05) is 23.7 Å². The molecule has 1 aliphatic rings. The Hall–Kier alpha value is -1.10. The predicted octanol–water partition coefficient (Wildman–Crippen LogP) is 1.22. The Labute approximate surface area is 105 Å². The van der Waals surface area contributed by atoms with Crippen molar-refractivity contribution in [2.24, 2.45) is 0 Å². The van der Waals surface area contributed by atoms with E-state index in [0.717, 1.165) is 0 Å². The van der Waals surface area contributed by atoms with Crippen LogP contribution in [0.15, 0.2) is 24.3 Å². The molecule has 0 unspecified atom stereocenters. The molecular formula is C12H14ClNO3. The molecule has 5 heteroatoms. The normalized spacial score (nSPS) is 23.6. The van der Waals surface area contributed by atoms with E-state index in [1.807, 2.05) is 0 Å². The van der Waals surface area contributed by atoms with Crippen molar-refractivity contribution < 1.29 is 14.6 Å². The van der Waals surface area contributed by atoms with Crippen LogP contribution >= 0.6 is 11.6 Å².